The van der Waals surface area contributed by atoms with E-state index in [0.717, 1.165) is 0 Å². The van der Waals surface area contributed by atoms with Crippen molar-refractivity contribution < 1.29 is 14.7 Å². The highest BCUT2D eigenvalue weighted by Crippen LogP contribution is 2.11. The molecule has 0 aromatic carbocycles. The molecule has 42 valence electrons. The number of hydrogen-bond acceptors (Lipinski definition) is 4. The lowest BCUT2D eigenvalue weighted by atomic mass is 11.2. The maximum atomic E-state index is 7.23. The molecule has 0 unspecified atom stereocenters. The molecule has 0 amide bonds. The Balaban J connectivity index is 0. The first-order valence-electron chi connectivity index (χ1n) is 1.20. The summed E-state index contributed by atoms with van der Waals surface area (Å²) in [5.74, 6) is 1.75. The zero-order valence-electron chi connectivity index (χ0n) is 3.50. The monoisotopic (exact) mass is 123 g/mol. The first-order chi connectivity index (χ1) is 3.15. The molecular weight excluding hydrogens is 117 g/mol. The van der Waals surface area contributed by atoms with Gasteiger partial charge < -0.3 is 14.7 Å². The fraction of sp³-hybridized carbons (Fsp3) is 0. The quantitative estimate of drug-likeness (QED) is 0.261. The molecule has 0 heterocycles. The van der Waals surface area contributed by atoms with Gasteiger partial charge in [-0.1, -0.05) is 0 Å². The first kappa shape index (κ1) is 9.90. The van der Waals surface area contributed by atoms with Gasteiger partial charge in [0.25, 0.3) is 0 Å². The summed E-state index contributed by atoms with van der Waals surface area (Å²) in [5.41, 5.74) is 0. The summed E-state index contributed by atoms with van der Waals surface area (Å²) in [6.07, 6.45) is 0. The van der Waals surface area contributed by atoms with Gasteiger partial charge in [-0.05, 0) is 12.4 Å². The topological polar surface area (TPSA) is 84.5 Å². The molecule has 7 heavy (non-hydrogen) atoms. The normalized spacial score (nSPS) is 6.29. The molecule has 0 rings (SSSR count). The Bertz CT molecular complexity index is 55.2. The summed E-state index contributed by atoms with van der Waals surface area (Å²) in [5, 5.41) is 5.85. The second kappa shape index (κ2) is 9.23. The summed E-state index contributed by atoms with van der Waals surface area (Å²) in [6, 6.07) is 0. The van der Waals surface area contributed by atoms with Crippen LogP contribution in [-0.2, 0) is 0 Å². The van der Waals surface area contributed by atoms with Crippen molar-refractivity contribution in [3.63, 3.8) is 0 Å². The van der Waals surface area contributed by atoms with Gasteiger partial charge >= 0.3 is 8.60 Å². The maximum Gasteiger partial charge on any atom is 0.324 e. The van der Waals surface area contributed by atoms with Crippen LogP contribution in [0.4, 0.5) is 0 Å². The highest BCUT2D eigenvalue weighted by molar-refractivity contribution is 7.38. The summed E-state index contributed by atoms with van der Waals surface area (Å²) in [7, 11) is -2.62. The lowest BCUT2D eigenvalue weighted by molar-refractivity contribution is 0.368. The average molecular weight is 123 g/mol. The predicted molar refractivity (Wildman–Crippen MR) is 26.9 cm³/mol. The summed E-state index contributed by atoms with van der Waals surface area (Å²) in [4.78, 5) is 21.7. The van der Waals surface area contributed by atoms with Gasteiger partial charge in [-0.15, -0.1) is 0 Å². The van der Waals surface area contributed by atoms with Crippen LogP contribution in [-0.4, -0.2) is 20.6 Å². The zero-order chi connectivity index (χ0) is 6.28. The summed E-state index contributed by atoms with van der Waals surface area (Å²) in [6.45, 7) is 2.90. The van der Waals surface area contributed by atoms with E-state index in [9.17, 15) is 0 Å². The molecule has 0 aliphatic heterocycles. The minimum absolute atomic E-state index is 1.75. The van der Waals surface area contributed by atoms with Crippen LogP contribution in [0.1, 0.15) is 0 Å². The van der Waals surface area contributed by atoms with E-state index in [1.165, 1.54) is 0 Å². The van der Waals surface area contributed by atoms with Crippen LogP contribution in [0.3, 0.4) is 0 Å². The molecule has 0 aromatic rings. The minimum Gasteiger partial charge on any atom is -0.328 e. The Morgan fingerprint density at radius 1 is 1.43 bits per heavy atom. The smallest absolute Gasteiger partial charge is 0.324 e. The van der Waals surface area contributed by atoms with E-state index in [1.807, 2.05) is 0 Å². The SMILES string of the molecule is C=C=N.OP(O)O. The van der Waals surface area contributed by atoms with Crippen molar-refractivity contribution >= 4 is 14.5 Å². The third-order valence-corrected chi connectivity index (χ3v) is 0. The van der Waals surface area contributed by atoms with E-state index in [1.54, 1.807) is 5.87 Å². The van der Waals surface area contributed by atoms with Crippen LogP contribution in [0, 0.1) is 5.41 Å². The molecule has 0 aromatic heterocycles. The molecule has 0 radical (unpaired) electrons. The van der Waals surface area contributed by atoms with Gasteiger partial charge in [-0.25, -0.2) is 0 Å². The molecule has 0 aliphatic carbocycles. The fourth-order valence-corrected chi connectivity index (χ4v) is 0. The van der Waals surface area contributed by atoms with E-state index in [4.69, 9.17) is 20.1 Å². The van der Waals surface area contributed by atoms with Gasteiger partial charge in [0.15, 0.2) is 0 Å². The minimum atomic E-state index is -2.62. The van der Waals surface area contributed by atoms with Crippen molar-refractivity contribution in [2.24, 2.45) is 0 Å². The third-order valence-electron chi connectivity index (χ3n) is 0. The first-order valence-corrected chi connectivity index (χ1v) is 2.40. The Morgan fingerprint density at radius 2 is 1.43 bits per heavy atom. The van der Waals surface area contributed by atoms with Crippen LogP contribution < -0.4 is 0 Å². The molecular formula is C2H6NO3P. The van der Waals surface area contributed by atoms with Crippen molar-refractivity contribution in [2.75, 3.05) is 0 Å². The van der Waals surface area contributed by atoms with Gasteiger partial charge in [0.1, 0.15) is 0 Å². The number of nitrogens with one attached hydrogen (secondary N) is 1. The highest BCUT2D eigenvalue weighted by atomic mass is 31.2. The second-order valence-corrected chi connectivity index (χ2v) is 0.982. The van der Waals surface area contributed by atoms with Crippen molar-refractivity contribution in [3.05, 3.63) is 6.58 Å². The summed E-state index contributed by atoms with van der Waals surface area (Å²) < 4.78 is 0. The van der Waals surface area contributed by atoms with Crippen LogP contribution >= 0.6 is 8.60 Å². The molecule has 0 atom stereocenters. The van der Waals surface area contributed by atoms with Crippen LogP contribution in [0.25, 0.3) is 0 Å². The van der Waals surface area contributed by atoms with E-state index in [2.05, 4.69) is 6.58 Å². The van der Waals surface area contributed by atoms with Crippen molar-refractivity contribution in [1.29, 1.82) is 5.41 Å². The standard InChI is InChI=1S/C2H3N.H3O3P/c1-2-3;1-4(2)3/h3H,1H2;1-3H. The lowest BCUT2D eigenvalue weighted by Crippen LogP contribution is -1.54. The van der Waals surface area contributed by atoms with Crippen LogP contribution in [0.15, 0.2) is 6.58 Å². The van der Waals surface area contributed by atoms with Gasteiger partial charge in [0.2, 0.25) is 0 Å². The number of rotatable bonds is 0. The molecule has 0 saturated heterocycles. The second-order valence-electron chi connectivity index (χ2n) is 0.445. The van der Waals surface area contributed by atoms with Crippen molar-refractivity contribution in [2.45, 2.75) is 0 Å². The zero-order valence-corrected chi connectivity index (χ0v) is 4.39. The van der Waals surface area contributed by atoms with Crippen molar-refractivity contribution in [3.8, 4) is 0 Å². The fourth-order valence-electron chi connectivity index (χ4n) is 0. The van der Waals surface area contributed by atoms with Gasteiger partial charge in [0.05, 0.1) is 0 Å². The molecule has 0 spiro atoms. The summed E-state index contributed by atoms with van der Waals surface area (Å²) >= 11 is 0. The maximum absolute atomic E-state index is 7.23. The third kappa shape index (κ3) is 1410. The number of hydrogen-bond donors (Lipinski definition) is 4. The lowest BCUT2D eigenvalue weighted by Gasteiger charge is -1.76. The largest absolute Gasteiger partial charge is 0.328 e. The van der Waals surface area contributed by atoms with Gasteiger partial charge in [0, 0.05) is 0 Å². The van der Waals surface area contributed by atoms with Crippen LogP contribution in [0.2, 0.25) is 0 Å². The average Bonchev–Trinajstić information content (AvgIpc) is 1.33. The van der Waals surface area contributed by atoms with E-state index in [0.29, 0.717) is 0 Å². The molecule has 5 heteroatoms. The molecule has 4 N–H and O–H groups in total. The van der Waals surface area contributed by atoms with Crippen LogP contribution in [0.5, 0.6) is 0 Å². The molecule has 0 fully saturated rings. The Kier molecular flexibility index (Phi) is 13.1. The van der Waals surface area contributed by atoms with Gasteiger partial charge in [-0.3, -0.25) is 5.41 Å². The highest BCUT2D eigenvalue weighted by Gasteiger charge is 1.76. The Morgan fingerprint density at radius 3 is 1.43 bits per heavy atom. The molecule has 0 bridgehead atoms. The Labute approximate surface area is 42.2 Å². The van der Waals surface area contributed by atoms with E-state index >= 15 is 0 Å². The molecule has 4 nitrogen and oxygen atoms in total. The van der Waals surface area contributed by atoms with Gasteiger partial charge in [-0.2, -0.15) is 0 Å². The van der Waals surface area contributed by atoms with Crippen molar-refractivity contribution in [1.82, 2.24) is 0 Å². The van der Waals surface area contributed by atoms with E-state index in [-0.39, 0.29) is 0 Å². The Hall–Kier alpha value is -0.240. The molecule has 0 aliphatic rings. The van der Waals surface area contributed by atoms with E-state index < -0.39 is 8.60 Å². The predicted octanol–water partition coefficient (Wildman–Crippen LogP) is -0.389. The molecule has 0 saturated carbocycles.